The maximum absolute atomic E-state index is 5.64. The van der Waals surface area contributed by atoms with Crippen molar-refractivity contribution < 1.29 is 3.89 Å². The highest BCUT2D eigenvalue weighted by Crippen LogP contribution is 2.52. The summed E-state index contributed by atoms with van der Waals surface area (Å²) in [4.78, 5) is 0. The second-order valence-corrected chi connectivity index (χ2v) is 8.66. The van der Waals surface area contributed by atoms with E-state index in [1.807, 2.05) is 11.9 Å². The summed E-state index contributed by atoms with van der Waals surface area (Å²) in [6.45, 7) is 2.32. The molecule has 2 aliphatic rings. The van der Waals surface area contributed by atoms with Crippen LogP contribution in [0.1, 0.15) is 44.2 Å². The predicted molar refractivity (Wildman–Crippen MR) is 94.4 cm³/mol. The molecular weight excluding hydrogens is 350 g/mol. The van der Waals surface area contributed by atoms with Crippen molar-refractivity contribution in [3.05, 3.63) is 45.6 Å². The molecule has 0 unspecified atom stereocenters. The van der Waals surface area contributed by atoms with E-state index in [-0.39, 0.29) is 0 Å². The van der Waals surface area contributed by atoms with E-state index >= 15 is 0 Å². The van der Waals surface area contributed by atoms with Crippen LogP contribution in [0, 0.1) is 0 Å². The van der Waals surface area contributed by atoms with Crippen LogP contribution >= 0.6 is 40.1 Å². The lowest BCUT2D eigenvalue weighted by atomic mass is 9.95. The maximum atomic E-state index is 5.64. The number of thiocarbonyl (C=S) groups is 1. The first-order valence-corrected chi connectivity index (χ1v) is 9.08. The van der Waals surface area contributed by atoms with E-state index in [1.54, 1.807) is 5.70 Å². The zero-order valence-electron chi connectivity index (χ0n) is 11.9. The Morgan fingerprint density at radius 2 is 1.85 bits per heavy atom. The Labute approximate surface area is 139 Å². The Kier molecular flexibility index (Phi) is 4.10. The van der Waals surface area contributed by atoms with Gasteiger partial charge in [0, 0.05) is 22.0 Å². The van der Waals surface area contributed by atoms with Gasteiger partial charge in [-0.1, -0.05) is 40.3 Å². The molecule has 1 aliphatic carbocycles. The largest absolute Gasteiger partial charge is 0.224 e. The van der Waals surface area contributed by atoms with Crippen LogP contribution in [0.3, 0.4) is 0 Å². The standard InChI is InChI=1S/C16H19BrNS2/c1-11(12-7-9-13(17)10-8-12)18(2)15-6-4-3-5-14(15)16(19)20-18/h7-11H,3-6H2,1-2H3/q+1/t11-,18+/m1/s1. The zero-order chi connectivity index (χ0) is 14.3. The summed E-state index contributed by atoms with van der Waals surface area (Å²) in [7, 11) is 2.33. The fourth-order valence-corrected chi connectivity index (χ4v) is 5.44. The molecule has 0 spiro atoms. The highest BCUT2D eigenvalue weighted by Gasteiger charge is 2.47. The molecule has 0 saturated heterocycles. The Bertz CT molecular complexity index is 579. The van der Waals surface area contributed by atoms with Gasteiger partial charge in [-0.2, -0.15) is 0 Å². The van der Waals surface area contributed by atoms with E-state index in [0.717, 1.165) is 12.6 Å². The van der Waals surface area contributed by atoms with Crippen LogP contribution < -0.4 is 0 Å². The Morgan fingerprint density at radius 3 is 2.55 bits per heavy atom. The summed E-state index contributed by atoms with van der Waals surface area (Å²) >= 11 is 11.0. The van der Waals surface area contributed by atoms with Gasteiger partial charge in [0.1, 0.15) is 27.9 Å². The van der Waals surface area contributed by atoms with Crippen LogP contribution in [0.2, 0.25) is 0 Å². The van der Waals surface area contributed by atoms with Gasteiger partial charge >= 0.3 is 0 Å². The van der Waals surface area contributed by atoms with E-state index in [0.29, 0.717) is 6.04 Å². The molecule has 0 saturated carbocycles. The van der Waals surface area contributed by atoms with E-state index in [9.17, 15) is 0 Å². The molecule has 1 heterocycles. The number of quaternary nitrogens is 1. The highest BCUT2D eigenvalue weighted by molar-refractivity contribution is 9.10. The van der Waals surface area contributed by atoms with Crippen molar-refractivity contribution in [2.75, 3.05) is 7.05 Å². The summed E-state index contributed by atoms with van der Waals surface area (Å²) < 4.78 is 3.18. The molecule has 0 amide bonds. The summed E-state index contributed by atoms with van der Waals surface area (Å²) in [6.07, 6.45) is 5.00. The Balaban J connectivity index is 1.98. The average molecular weight is 369 g/mol. The van der Waals surface area contributed by atoms with Crippen molar-refractivity contribution in [1.29, 1.82) is 0 Å². The fourth-order valence-electron chi connectivity index (χ4n) is 3.22. The second kappa shape index (κ2) is 5.56. The third-order valence-corrected chi connectivity index (χ3v) is 6.91. The molecule has 1 aromatic carbocycles. The second-order valence-electron chi connectivity index (χ2n) is 5.73. The van der Waals surface area contributed by atoms with Crippen molar-refractivity contribution in [1.82, 2.24) is 0 Å². The van der Waals surface area contributed by atoms with Gasteiger partial charge < -0.3 is 0 Å². The molecule has 106 valence electrons. The van der Waals surface area contributed by atoms with Gasteiger partial charge in [-0.15, -0.1) is 0 Å². The first-order valence-electron chi connectivity index (χ1n) is 7.10. The van der Waals surface area contributed by atoms with Crippen LogP contribution in [0.5, 0.6) is 0 Å². The minimum atomic E-state index is 0.427. The smallest absolute Gasteiger partial charge is 0.138 e. The molecule has 4 heteroatoms. The summed E-state index contributed by atoms with van der Waals surface area (Å²) in [5, 5.41) is 0. The van der Waals surface area contributed by atoms with E-state index in [1.165, 1.54) is 36.8 Å². The molecular formula is C16H19BrNS2+. The third kappa shape index (κ3) is 2.41. The van der Waals surface area contributed by atoms with Crippen LogP contribution in [0.25, 0.3) is 0 Å². The van der Waals surface area contributed by atoms with E-state index < -0.39 is 0 Å². The summed E-state index contributed by atoms with van der Waals surface area (Å²) in [5.74, 6) is 0. The molecule has 0 N–H and O–H groups in total. The average Bonchev–Trinajstić information content (AvgIpc) is 2.72. The minimum absolute atomic E-state index is 0.427. The first-order chi connectivity index (χ1) is 9.52. The van der Waals surface area contributed by atoms with Crippen molar-refractivity contribution >= 4 is 44.3 Å². The maximum Gasteiger partial charge on any atom is 0.138 e. The normalized spacial score (nSPS) is 27.6. The molecule has 1 aliphatic heterocycles. The molecule has 1 aromatic rings. The monoisotopic (exact) mass is 368 g/mol. The summed E-state index contributed by atoms with van der Waals surface area (Å²) in [6, 6.07) is 9.14. The molecule has 20 heavy (non-hydrogen) atoms. The Morgan fingerprint density at radius 1 is 1.20 bits per heavy atom. The predicted octanol–water partition coefficient (Wildman–Crippen LogP) is 5.77. The van der Waals surface area contributed by atoms with Crippen LogP contribution in [-0.2, 0) is 0 Å². The lowest BCUT2D eigenvalue weighted by molar-refractivity contribution is -0.765. The lowest BCUT2D eigenvalue weighted by Gasteiger charge is -2.36. The molecule has 0 bridgehead atoms. The topological polar surface area (TPSA) is 0 Å². The fraction of sp³-hybridized carbons (Fsp3) is 0.438. The van der Waals surface area contributed by atoms with Gasteiger partial charge in [0.2, 0.25) is 0 Å². The highest BCUT2D eigenvalue weighted by atomic mass is 79.9. The van der Waals surface area contributed by atoms with Crippen molar-refractivity contribution in [3.63, 3.8) is 0 Å². The van der Waals surface area contributed by atoms with E-state index in [2.05, 4.69) is 54.2 Å². The number of rotatable bonds is 2. The van der Waals surface area contributed by atoms with Crippen LogP contribution in [0.4, 0.5) is 0 Å². The number of nitrogens with zero attached hydrogens (tertiary/aromatic N) is 1. The number of hydrogen-bond donors (Lipinski definition) is 0. The SMILES string of the molecule is C[C@H](c1ccc(Br)cc1)[N@+]1(C)SC(=S)C2=C1CCCC2. The van der Waals surface area contributed by atoms with Gasteiger partial charge in [-0.05, 0) is 38.3 Å². The van der Waals surface area contributed by atoms with Crippen LogP contribution in [-0.4, -0.2) is 15.1 Å². The Hall–Kier alpha value is -0.160. The molecule has 0 aromatic heterocycles. The summed E-state index contributed by atoms with van der Waals surface area (Å²) in [5.41, 5.74) is 4.43. The van der Waals surface area contributed by atoms with Gasteiger partial charge in [-0.3, -0.25) is 0 Å². The number of allylic oxidation sites excluding steroid dienone is 1. The third-order valence-electron chi connectivity index (χ3n) is 4.59. The van der Waals surface area contributed by atoms with Gasteiger partial charge in [0.25, 0.3) is 0 Å². The molecule has 2 atom stereocenters. The van der Waals surface area contributed by atoms with Crippen molar-refractivity contribution in [2.24, 2.45) is 0 Å². The molecule has 1 nitrogen and oxygen atoms in total. The number of halogens is 1. The van der Waals surface area contributed by atoms with E-state index in [4.69, 9.17) is 12.2 Å². The molecule has 0 radical (unpaired) electrons. The first kappa shape index (κ1) is 14.8. The number of hydrogen-bond acceptors (Lipinski definition) is 2. The lowest BCUT2D eigenvalue weighted by Crippen LogP contribution is -2.36. The minimum Gasteiger partial charge on any atom is -0.224 e. The molecule has 3 rings (SSSR count). The van der Waals surface area contributed by atoms with Gasteiger partial charge in [0.15, 0.2) is 0 Å². The van der Waals surface area contributed by atoms with Gasteiger partial charge in [0.05, 0.1) is 7.05 Å². The zero-order valence-corrected chi connectivity index (χ0v) is 15.1. The van der Waals surface area contributed by atoms with Gasteiger partial charge in [-0.25, -0.2) is 3.89 Å². The van der Waals surface area contributed by atoms with Crippen LogP contribution in [0.15, 0.2) is 40.0 Å². The quantitative estimate of drug-likeness (QED) is 0.369. The van der Waals surface area contributed by atoms with Crippen molar-refractivity contribution in [2.45, 2.75) is 38.6 Å². The van der Waals surface area contributed by atoms with Crippen molar-refractivity contribution in [3.8, 4) is 0 Å². The number of benzene rings is 1. The molecule has 0 fully saturated rings.